The average molecular weight is 548 g/mol. The second kappa shape index (κ2) is 8.96. The van der Waals surface area contributed by atoms with Gasteiger partial charge in [0.05, 0.1) is 6.04 Å². The van der Waals surface area contributed by atoms with E-state index >= 15 is 0 Å². The molecule has 32 heavy (non-hydrogen) atoms. The van der Waals surface area contributed by atoms with E-state index in [4.69, 9.17) is 23.2 Å². The van der Waals surface area contributed by atoms with E-state index in [1.165, 1.54) is 0 Å². The molecule has 0 radical (unpaired) electrons. The van der Waals surface area contributed by atoms with Crippen molar-refractivity contribution < 1.29 is 18.0 Å². The number of carbonyl (C=O) groups is 1. The van der Waals surface area contributed by atoms with E-state index in [2.05, 4.69) is 31.7 Å². The quantitative estimate of drug-likeness (QED) is 0.390. The van der Waals surface area contributed by atoms with Crippen LogP contribution in [-0.2, 0) is 6.54 Å². The fourth-order valence-corrected chi connectivity index (χ4v) is 4.17. The molecule has 2 N–H and O–H groups in total. The molecule has 2 aromatic carbocycles. The minimum Gasteiger partial charge on any atom is -0.362 e. The minimum absolute atomic E-state index is 0.0372. The van der Waals surface area contributed by atoms with Crippen LogP contribution in [0.1, 0.15) is 40.1 Å². The number of hydrogen-bond donors (Lipinski definition) is 2. The molecule has 0 saturated carbocycles. The lowest BCUT2D eigenvalue weighted by Crippen LogP contribution is -2.35. The van der Waals surface area contributed by atoms with Gasteiger partial charge in [0, 0.05) is 22.5 Å². The first-order valence-electron chi connectivity index (χ1n) is 9.53. The van der Waals surface area contributed by atoms with Crippen LogP contribution in [0, 0.1) is 0 Å². The molecule has 0 fully saturated rings. The van der Waals surface area contributed by atoms with Crippen LogP contribution in [0.15, 0.2) is 53.0 Å². The molecule has 11 heteroatoms. The van der Waals surface area contributed by atoms with Gasteiger partial charge in [-0.05, 0) is 35.4 Å². The molecule has 2 heterocycles. The Labute approximate surface area is 200 Å². The third kappa shape index (κ3) is 4.74. The number of aromatic nitrogens is 2. The van der Waals surface area contributed by atoms with E-state index < -0.39 is 24.2 Å². The molecule has 3 aromatic rings. The normalized spacial score (nSPS) is 18.1. The highest BCUT2D eigenvalue weighted by Crippen LogP contribution is 2.46. The molecule has 4 rings (SSSR count). The molecule has 0 saturated heterocycles. The molecule has 1 amide bonds. The molecule has 5 nitrogen and oxygen atoms in total. The first-order valence-corrected chi connectivity index (χ1v) is 11.1. The van der Waals surface area contributed by atoms with Gasteiger partial charge >= 0.3 is 6.18 Å². The SMILES string of the molecule is O=C(NCc1ccc(Cl)cc1)c1nn2c(c1Cl)N[C@H](c1ccc(Br)cc1)C[C@@H]2C(F)(F)F. The average Bonchev–Trinajstić information content (AvgIpc) is 3.09. The van der Waals surface area contributed by atoms with Crippen molar-refractivity contribution in [2.24, 2.45) is 0 Å². The minimum atomic E-state index is -4.57. The van der Waals surface area contributed by atoms with Crippen LogP contribution in [0.5, 0.6) is 0 Å². The van der Waals surface area contributed by atoms with Crippen molar-refractivity contribution in [2.75, 3.05) is 5.32 Å². The largest absolute Gasteiger partial charge is 0.410 e. The molecule has 168 valence electrons. The summed E-state index contributed by atoms with van der Waals surface area (Å²) in [6.07, 6.45) is -4.86. The first kappa shape index (κ1) is 22.9. The Morgan fingerprint density at radius 2 is 1.81 bits per heavy atom. The van der Waals surface area contributed by atoms with Crippen molar-refractivity contribution in [3.63, 3.8) is 0 Å². The summed E-state index contributed by atoms with van der Waals surface area (Å²) >= 11 is 15.5. The Morgan fingerprint density at radius 1 is 1.16 bits per heavy atom. The smallest absolute Gasteiger partial charge is 0.362 e. The number of hydrogen-bond acceptors (Lipinski definition) is 3. The summed E-state index contributed by atoms with van der Waals surface area (Å²) in [5, 5.41) is 9.97. The first-order chi connectivity index (χ1) is 15.1. The van der Waals surface area contributed by atoms with Crippen LogP contribution in [-0.4, -0.2) is 21.9 Å². The Kier molecular flexibility index (Phi) is 6.42. The van der Waals surface area contributed by atoms with Crippen LogP contribution < -0.4 is 10.6 Å². The summed E-state index contributed by atoms with van der Waals surface area (Å²) in [5.74, 6) is -0.709. The Hall–Kier alpha value is -2.23. The maximum absolute atomic E-state index is 13.9. The van der Waals surface area contributed by atoms with Crippen LogP contribution in [0.4, 0.5) is 19.0 Å². The highest BCUT2D eigenvalue weighted by Gasteiger charge is 2.47. The number of nitrogens with one attached hydrogen (secondary N) is 2. The predicted molar refractivity (Wildman–Crippen MR) is 120 cm³/mol. The lowest BCUT2D eigenvalue weighted by atomic mass is 9.97. The summed E-state index contributed by atoms with van der Waals surface area (Å²) in [6.45, 7) is 0.145. The molecule has 0 unspecified atom stereocenters. The fourth-order valence-electron chi connectivity index (χ4n) is 3.52. The van der Waals surface area contributed by atoms with E-state index in [9.17, 15) is 18.0 Å². The number of rotatable bonds is 4. The van der Waals surface area contributed by atoms with Gasteiger partial charge in [0.2, 0.25) is 0 Å². The van der Waals surface area contributed by atoms with E-state index in [0.29, 0.717) is 10.6 Å². The number of alkyl halides is 3. The lowest BCUT2D eigenvalue weighted by molar-refractivity contribution is -0.173. The van der Waals surface area contributed by atoms with Crippen molar-refractivity contribution >= 4 is 50.9 Å². The molecule has 1 aromatic heterocycles. The standard InChI is InChI=1S/C21H16BrCl2F3N4O/c22-13-5-3-12(4-6-13)15-9-16(21(25,26)27)31-19(29-15)17(24)18(30-31)20(32)28-10-11-1-7-14(23)8-2-11/h1-8,15-16,29H,9-10H2,(H,28,32)/t15-,16+/m0/s1. The summed E-state index contributed by atoms with van der Waals surface area (Å²) in [5.41, 5.74) is 1.16. The van der Waals surface area contributed by atoms with Gasteiger partial charge in [-0.15, -0.1) is 0 Å². The Bertz CT molecular complexity index is 1130. The number of amides is 1. The number of nitrogens with zero attached hydrogens (tertiary/aromatic N) is 2. The van der Waals surface area contributed by atoms with Crippen molar-refractivity contribution in [2.45, 2.75) is 31.2 Å². The summed E-state index contributed by atoms with van der Waals surface area (Å²) in [7, 11) is 0. The molecule has 0 spiro atoms. The zero-order chi connectivity index (χ0) is 23.0. The fraction of sp³-hybridized carbons (Fsp3) is 0.238. The number of anilines is 1. The van der Waals surface area contributed by atoms with Crippen molar-refractivity contribution in [1.82, 2.24) is 15.1 Å². The molecule has 0 aliphatic carbocycles. The molecular weight excluding hydrogens is 532 g/mol. The number of carbonyl (C=O) groups excluding carboxylic acids is 1. The number of fused-ring (bicyclic) bond motifs is 1. The lowest BCUT2D eigenvalue weighted by Gasteiger charge is -2.33. The van der Waals surface area contributed by atoms with E-state index in [1.54, 1.807) is 48.5 Å². The van der Waals surface area contributed by atoms with E-state index in [0.717, 1.165) is 14.7 Å². The van der Waals surface area contributed by atoms with Crippen LogP contribution in [0.2, 0.25) is 10.0 Å². The predicted octanol–water partition coefficient (Wildman–Crippen LogP) is 6.54. The third-order valence-electron chi connectivity index (χ3n) is 5.15. The molecule has 1 aliphatic heterocycles. The zero-order valence-corrected chi connectivity index (χ0v) is 19.4. The highest BCUT2D eigenvalue weighted by atomic mass is 79.9. The molecule has 1 aliphatic rings. The molecular formula is C21H16BrCl2F3N4O. The van der Waals surface area contributed by atoms with Gasteiger partial charge in [-0.3, -0.25) is 4.79 Å². The van der Waals surface area contributed by atoms with E-state index in [1.807, 2.05) is 0 Å². The topological polar surface area (TPSA) is 59.0 Å². The van der Waals surface area contributed by atoms with Gasteiger partial charge in [-0.1, -0.05) is 63.4 Å². The van der Waals surface area contributed by atoms with Gasteiger partial charge in [0.1, 0.15) is 10.8 Å². The molecule has 0 bridgehead atoms. The Morgan fingerprint density at radius 3 is 2.44 bits per heavy atom. The van der Waals surface area contributed by atoms with Crippen molar-refractivity contribution in [3.8, 4) is 0 Å². The van der Waals surface area contributed by atoms with Gasteiger partial charge in [-0.25, -0.2) is 4.68 Å². The van der Waals surface area contributed by atoms with E-state index in [-0.39, 0.29) is 29.5 Å². The molecule has 2 atom stereocenters. The van der Waals surface area contributed by atoms with Gasteiger partial charge in [-0.2, -0.15) is 18.3 Å². The maximum atomic E-state index is 13.9. The van der Waals surface area contributed by atoms with Crippen LogP contribution in [0.25, 0.3) is 0 Å². The summed E-state index contributed by atoms with van der Waals surface area (Å²) in [4.78, 5) is 12.7. The third-order valence-corrected chi connectivity index (χ3v) is 6.29. The Balaban J connectivity index is 1.62. The van der Waals surface area contributed by atoms with Crippen molar-refractivity contribution in [1.29, 1.82) is 0 Å². The summed E-state index contributed by atoms with van der Waals surface area (Å²) in [6, 6.07) is 11.2. The zero-order valence-electron chi connectivity index (χ0n) is 16.3. The van der Waals surface area contributed by atoms with Gasteiger partial charge in [0.15, 0.2) is 11.7 Å². The van der Waals surface area contributed by atoms with Crippen molar-refractivity contribution in [3.05, 3.63) is 79.9 Å². The number of halogens is 6. The second-order valence-corrected chi connectivity index (χ2v) is 9.04. The summed E-state index contributed by atoms with van der Waals surface area (Å²) < 4.78 is 43.2. The highest BCUT2D eigenvalue weighted by molar-refractivity contribution is 9.10. The van der Waals surface area contributed by atoms with Crippen LogP contribution >= 0.6 is 39.1 Å². The van der Waals surface area contributed by atoms with Gasteiger partial charge < -0.3 is 10.6 Å². The van der Waals surface area contributed by atoms with Gasteiger partial charge in [0.25, 0.3) is 5.91 Å². The second-order valence-electron chi connectivity index (χ2n) is 7.31. The maximum Gasteiger partial charge on any atom is 0.410 e. The van der Waals surface area contributed by atoms with Crippen LogP contribution in [0.3, 0.4) is 0 Å². The number of benzene rings is 2. The monoisotopic (exact) mass is 546 g/mol.